The Kier molecular flexibility index (Phi) is 9.30. The van der Waals surface area contributed by atoms with Crippen LogP contribution >= 0.6 is 23.2 Å². The van der Waals surface area contributed by atoms with Crippen LogP contribution in [-0.4, -0.2) is 37.1 Å². The largest absolute Gasteiger partial charge is 0.484 e. The Hall–Kier alpha value is -3.10. The first-order chi connectivity index (χ1) is 14.7. The van der Waals surface area contributed by atoms with Gasteiger partial charge in [-0.1, -0.05) is 37.0 Å². The molecule has 3 amide bonds. The molecule has 0 spiro atoms. The highest BCUT2D eigenvalue weighted by Gasteiger charge is 2.12. The molecule has 0 saturated carbocycles. The lowest BCUT2D eigenvalue weighted by Crippen LogP contribution is -2.39. The second-order valence-corrected chi connectivity index (χ2v) is 7.74. The molecule has 0 aromatic heterocycles. The minimum absolute atomic E-state index is 0.209. The molecule has 31 heavy (non-hydrogen) atoms. The number of amides is 3. The normalized spacial score (nSPS) is 10.7. The highest BCUT2D eigenvalue weighted by Crippen LogP contribution is 2.22. The lowest BCUT2D eigenvalue weighted by atomic mass is 10.2. The van der Waals surface area contributed by atoms with Crippen LogP contribution < -0.4 is 20.8 Å². The highest BCUT2D eigenvalue weighted by atomic mass is 35.5. The Labute approximate surface area is 189 Å². The van der Waals surface area contributed by atoms with Crippen molar-refractivity contribution in [2.24, 2.45) is 11.0 Å². The number of ether oxygens (including phenoxy) is 1. The first kappa shape index (κ1) is 24.2. The molecule has 0 unspecified atom stereocenters. The molecule has 0 saturated heterocycles. The summed E-state index contributed by atoms with van der Waals surface area (Å²) >= 11 is 11.8. The van der Waals surface area contributed by atoms with Gasteiger partial charge in [0, 0.05) is 22.3 Å². The average molecular weight is 465 g/mol. The summed E-state index contributed by atoms with van der Waals surface area (Å²) < 4.78 is 5.43. The molecule has 2 aromatic rings. The van der Waals surface area contributed by atoms with Gasteiger partial charge in [-0.15, -0.1) is 0 Å². The Morgan fingerprint density at radius 3 is 2.29 bits per heavy atom. The van der Waals surface area contributed by atoms with Crippen molar-refractivity contribution < 1.29 is 19.1 Å². The lowest BCUT2D eigenvalue weighted by Gasteiger charge is -2.08. The molecule has 8 nitrogen and oxygen atoms in total. The second-order valence-electron chi connectivity index (χ2n) is 6.87. The summed E-state index contributed by atoms with van der Waals surface area (Å²) in [6.45, 7) is 4.04. The third-order valence-corrected chi connectivity index (χ3v) is 4.09. The van der Waals surface area contributed by atoms with E-state index in [4.69, 9.17) is 27.9 Å². The number of nitrogens with one attached hydrogen (secondary N) is 3. The number of rotatable bonds is 8. The third kappa shape index (κ3) is 9.06. The van der Waals surface area contributed by atoms with Gasteiger partial charge in [0.2, 0.25) is 0 Å². The second kappa shape index (κ2) is 11.9. The lowest BCUT2D eigenvalue weighted by molar-refractivity contribution is -0.139. The Morgan fingerprint density at radius 2 is 1.68 bits per heavy atom. The van der Waals surface area contributed by atoms with Crippen LogP contribution in [-0.2, 0) is 14.4 Å². The van der Waals surface area contributed by atoms with Gasteiger partial charge in [-0.25, -0.2) is 5.43 Å². The van der Waals surface area contributed by atoms with Crippen molar-refractivity contribution in [1.29, 1.82) is 0 Å². The van der Waals surface area contributed by atoms with Crippen LogP contribution in [0.25, 0.3) is 0 Å². The van der Waals surface area contributed by atoms with Gasteiger partial charge >= 0.3 is 11.8 Å². The fraction of sp³-hybridized carbons (Fsp3) is 0.238. The molecule has 0 atom stereocenters. The van der Waals surface area contributed by atoms with Gasteiger partial charge in [0.05, 0.1) is 6.21 Å². The number of carbonyl (C=O) groups is 3. The number of hydrogen-bond acceptors (Lipinski definition) is 5. The number of halogens is 2. The van der Waals surface area contributed by atoms with Gasteiger partial charge < -0.3 is 15.4 Å². The van der Waals surface area contributed by atoms with Gasteiger partial charge in [-0.3, -0.25) is 14.4 Å². The predicted octanol–water partition coefficient (Wildman–Crippen LogP) is 3.23. The Bertz CT molecular complexity index is 942. The third-order valence-electron chi connectivity index (χ3n) is 3.65. The zero-order valence-electron chi connectivity index (χ0n) is 16.9. The Balaban J connectivity index is 1.78. The fourth-order valence-corrected chi connectivity index (χ4v) is 2.74. The maximum Gasteiger partial charge on any atom is 0.329 e. The first-order valence-electron chi connectivity index (χ1n) is 9.33. The van der Waals surface area contributed by atoms with Gasteiger partial charge in [-0.05, 0) is 53.9 Å². The molecule has 2 aromatic carbocycles. The topological polar surface area (TPSA) is 109 Å². The van der Waals surface area contributed by atoms with Crippen LogP contribution in [0.1, 0.15) is 19.4 Å². The van der Waals surface area contributed by atoms with Crippen LogP contribution in [0.5, 0.6) is 5.75 Å². The standard InChI is InChI=1S/C21H22Cl2N4O4/c1-13(2)10-24-20(29)21(30)27-25-11-14-3-5-18(6-4-14)31-12-19(28)26-17-8-15(22)7-16(23)9-17/h3-9,11,13H,10,12H2,1-2H3,(H,24,29)(H,26,28)(H,27,30)/b25-11-. The minimum atomic E-state index is -0.844. The molecule has 0 radical (unpaired) electrons. The minimum Gasteiger partial charge on any atom is -0.484 e. The zero-order chi connectivity index (χ0) is 22.8. The molecule has 164 valence electrons. The molecule has 0 bridgehead atoms. The zero-order valence-corrected chi connectivity index (χ0v) is 18.5. The quantitative estimate of drug-likeness (QED) is 0.316. The van der Waals surface area contributed by atoms with Gasteiger partial charge in [0.15, 0.2) is 6.61 Å². The van der Waals surface area contributed by atoms with Crippen molar-refractivity contribution in [2.75, 3.05) is 18.5 Å². The molecule has 10 heteroatoms. The SMILES string of the molecule is CC(C)CNC(=O)C(=O)N/N=C\c1ccc(OCC(=O)Nc2cc(Cl)cc(Cl)c2)cc1. The van der Waals surface area contributed by atoms with E-state index in [0.717, 1.165) is 0 Å². The number of carbonyl (C=O) groups excluding carboxylic acids is 3. The number of nitrogens with zero attached hydrogens (tertiary/aromatic N) is 1. The molecule has 0 aliphatic rings. The summed E-state index contributed by atoms with van der Waals surface area (Å²) in [5.41, 5.74) is 3.29. The molecule has 0 heterocycles. The van der Waals surface area contributed by atoms with Crippen molar-refractivity contribution in [3.05, 3.63) is 58.1 Å². The summed E-state index contributed by atoms with van der Waals surface area (Å²) in [6.07, 6.45) is 1.38. The predicted molar refractivity (Wildman–Crippen MR) is 121 cm³/mol. The molecule has 3 N–H and O–H groups in total. The highest BCUT2D eigenvalue weighted by molar-refractivity contribution is 6.35. The van der Waals surface area contributed by atoms with E-state index in [-0.39, 0.29) is 18.4 Å². The number of hydrazone groups is 1. The van der Waals surface area contributed by atoms with Crippen molar-refractivity contribution in [3.63, 3.8) is 0 Å². The summed E-state index contributed by atoms with van der Waals surface area (Å²) in [7, 11) is 0. The van der Waals surface area contributed by atoms with Crippen LogP contribution in [0.3, 0.4) is 0 Å². The van der Waals surface area contributed by atoms with Crippen molar-refractivity contribution in [2.45, 2.75) is 13.8 Å². The maximum atomic E-state index is 12.0. The van der Waals surface area contributed by atoms with E-state index in [1.54, 1.807) is 42.5 Å². The molecule has 0 aliphatic heterocycles. The van der Waals surface area contributed by atoms with Crippen LogP contribution in [0.4, 0.5) is 5.69 Å². The van der Waals surface area contributed by atoms with E-state index in [2.05, 4.69) is 21.2 Å². The van der Waals surface area contributed by atoms with Crippen molar-refractivity contribution in [3.8, 4) is 5.75 Å². The van der Waals surface area contributed by atoms with Crippen molar-refractivity contribution in [1.82, 2.24) is 10.7 Å². The van der Waals surface area contributed by atoms with E-state index in [1.165, 1.54) is 6.21 Å². The summed E-state index contributed by atoms with van der Waals surface area (Å²) in [5.74, 6) is -1.25. The molecule has 0 aliphatic carbocycles. The van der Waals surface area contributed by atoms with Crippen LogP contribution in [0.15, 0.2) is 47.6 Å². The monoisotopic (exact) mass is 464 g/mol. The van der Waals surface area contributed by atoms with E-state index in [0.29, 0.717) is 33.6 Å². The van der Waals surface area contributed by atoms with Gasteiger partial charge in [0.1, 0.15) is 5.75 Å². The van der Waals surface area contributed by atoms with Crippen LogP contribution in [0, 0.1) is 5.92 Å². The summed E-state index contributed by atoms with van der Waals surface area (Å²) in [6, 6.07) is 11.4. The van der Waals surface area contributed by atoms with E-state index >= 15 is 0 Å². The average Bonchev–Trinajstić information content (AvgIpc) is 2.70. The number of anilines is 1. The molecular formula is C21H22Cl2N4O4. The fourth-order valence-electron chi connectivity index (χ4n) is 2.22. The van der Waals surface area contributed by atoms with Crippen molar-refractivity contribution >= 4 is 52.8 Å². The number of hydrogen-bond donors (Lipinski definition) is 3. The summed E-state index contributed by atoms with van der Waals surface area (Å²) in [4.78, 5) is 35.2. The molecule has 2 rings (SSSR count). The van der Waals surface area contributed by atoms with Gasteiger partial charge in [0.25, 0.3) is 5.91 Å². The van der Waals surface area contributed by atoms with Gasteiger partial charge in [-0.2, -0.15) is 5.10 Å². The molecule has 0 fully saturated rings. The van der Waals surface area contributed by atoms with E-state index in [9.17, 15) is 14.4 Å². The first-order valence-corrected chi connectivity index (χ1v) is 10.1. The van der Waals surface area contributed by atoms with Crippen LogP contribution in [0.2, 0.25) is 10.0 Å². The molecular weight excluding hydrogens is 443 g/mol. The number of benzene rings is 2. The summed E-state index contributed by atoms with van der Waals surface area (Å²) in [5, 5.41) is 9.70. The maximum absolute atomic E-state index is 12.0. The van der Waals surface area contributed by atoms with E-state index in [1.807, 2.05) is 13.8 Å². The smallest absolute Gasteiger partial charge is 0.329 e. The van der Waals surface area contributed by atoms with E-state index < -0.39 is 11.8 Å². The Morgan fingerprint density at radius 1 is 1.03 bits per heavy atom.